The summed E-state index contributed by atoms with van der Waals surface area (Å²) in [4.78, 5) is 0. The number of hydrogen-bond acceptors (Lipinski definition) is 4. The summed E-state index contributed by atoms with van der Waals surface area (Å²) in [5.74, 6) is 0.204. The maximum Gasteiger partial charge on any atom is 0.250 e. The van der Waals surface area contributed by atoms with E-state index in [-0.39, 0.29) is 16.7 Å². The summed E-state index contributed by atoms with van der Waals surface area (Å²) in [5.41, 5.74) is 0. The van der Waals surface area contributed by atoms with Gasteiger partial charge in [0.2, 0.25) is 10.0 Å². The van der Waals surface area contributed by atoms with Crippen LogP contribution in [0.15, 0.2) is 16.3 Å². The van der Waals surface area contributed by atoms with E-state index >= 15 is 0 Å². The molecule has 0 aliphatic carbocycles. The van der Waals surface area contributed by atoms with Crippen LogP contribution in [0.2, 0.25) is 4.34 Å². The summed E-state index contributed by atoms with van der Waals surface area (Å²) >= 11 is 6.73. The van der Waals surface area contributed by atoms with E-state index in [4.69, 9.17) is 16.7 Å². The Hall–Kier alpha value is -0.140. The third kappa shape index (κ3) is 4.93. The van der Waals surface area contributed by atoms with E-state index in [0.29, 0.717) is 17.3 Å². The molecule has 1 rings (SSSR count). The lowest BCUT2D eigenvalue weighted by molar-refractivity contribution is 0.228. The topological polar surface area (TPSA) is 66.4 Å². The van der Waals surface area contributed by atoms with E-state index in [2.05, 4.69) is 4.72 Å². The average Bonchev–Trinajstić information content (AvgIpc) is 2.71. The van der Waals surface area contributed by atoms with Gasteiger partial charge in [0.1, 0.15) is 4.21 Å². The van der Waals surface area contributed by atoms with Crippen molar-refractivity contribution in [2.75, 3.05) is 13.2 Å². The molecule has 7 heteroatoms. The number of thiophene rings is 1. The number of rotatable bonds is 7. The van der Waals surface area contributed by atoms with Gasteiger partial charge in [0, 0.05) is 13.2 Å². The molecule has 1 unspecified atom stereocenters. The van der Waals surface area contributed by atoms with Crippen LogP contribution in [-0.2, 0) is 10.0 Å². The zero-order valence-corrected chi connectivity index (χ0v) is 11.9. The molecular weight excluding hydrogens is 282 g/mol. The van der Waals surface area contributed by atoms with Crippen LogP contribution in [0, 0.1) is 5.92 Å². The third-order valence-corrected chi connectivity index (χ3v) is 5.47. The molecule has 0 spiro atoms. The van der Waals surface area contributed by atoms with Gasteiger partial charge in [0.05, 0.1) is 4.34 Å². The highest BCUT2D eigenvalue weighted by molar-refractivity contribution is 7.91. The van der Waals surface area contributed by atoms with Gasteiger partial charge in [0.25, 0.3) is 0 Å². The molecule has 1 aromatic rings. The fraction of sp³-hybridized carbons (Fsp3) is 0.600. The molecule has 0 aliphatic rings. The minimum Gasteiger partial charge on any atom is -0.396 e. The first kappa shape index (κ1) is 14.9. The predicted octanol–water partition coefficient (Wildman–Crippen LogP) is 2.09. The smallest absolute Gasteiger partial charge is 0.250 e. The average molecular weight is 298 g/mol. The van der Waals surface area contributed by atoms with E-state index in [1.165, 1.54) is 6.07 Å². The number of aliphatic hydroxyl groups excluding tert-OH is 1. The normalized spacial score (nSPS) is 13.8. The quantitative estimate of drug-likeness (QED) is 0.757. The zero-order valence-electron chi connectivity index (χ0n) is 9.52. The lowest BCUT2D eigenvalue weighted by Gasteiger charge is -2.08. The second-order valence-electron chi connectivity index (χ2n) is 3.89. The van der Waals surface area contributed by atoms with Gasteiger partial charge in [-0.25, -0.2) is 13.1 Å². The van der Waals surface area contributed by atoms with E-state index in [9.17, 15) is 8.42 Å². The summed E-state index contributed by atoms with van der Waals surface area (Å²) in [6.07, 6.45) is 1.50. The maximum absolute atomic E-state index is 11.8. The minimum atomic E-state index is -3.42. The SMILES string of the molecule is CC(CO)CCCNS(=O)(=O)c1ccc(Cl)s1. The molecule has 1 atom stereocenters. The fourth-order valence-corrected chi connectivity index (χ4v) is 3.86. The minimum absolute atomic E-state index is 0.132. The summed E-state index contributed by atoms with van der Waals surface area (Å²) in [6.45, 7) is 2.43. The predicted molar refractivity (Wildman–Crippen MR) is 70.0 cm³/mol. The molecule has 0 bridgehead atoms. The number of aliphatic hydroxyl groups is 1. The van der Waals surface area contributed by atoms with Crippen molar-refractivity contribution in [2.24, 2.45) is 5.92 Å². The highest BCUT2D eigenvalue weighted by Crippen LogP contribution is 2.25. The van der Waals surface area contributed by atoms with Gasteiger partial charge in [-0.3, -0.25) is 0 Å². The lowest BCUT2D eigenvalue weighted by Crippen LogP contribution is -2.24. The standard InChI is InChI=1S/C10H16ClNO3S2/c1-8(7-13)3-2-6-12-17(14,15)10-5-4-9(11)16-10/h4-5,8,12-13H,2-3,6-7H2,1H3. The van der Waals surface area contributed by atoms with Gasteiger partial charge in [0.15, 0.2) is 0 Å². The van der Waals surface area contributed by atoms with Gasteiger partial charge in [-0.15, -0.1) is 11.3 Å². The van der Waals surface area contributed by atoms with Crippen LogP contribution in [0.1, 0.15) is 19.8 Å². The number of hydrogen-bond donors (Lipinski definition) is 2. The van der Waals surface area contributed by atoms with Crippen molar-refractivity contribution in [1.29, 1.82) is 0 Å². The maximum atomic E-state index is 11.8. The zero-order chi connectivity index (χ0) is 12.9. The first-order valence-corrected chi connectivity index (χ1v) is 7.99. The molecule has 0 saturated carbocycles. The summed E-state index contributed by atoms with van der Waals surface area (Å²) < 4.78 is 26.7. The first-order chi connectivity index (χ1) is 7.95. The molecule has 0 fully saturated rings. The summed E-state index contributed by atoms with van der Waals surface area (Å²) in [6, 6.07) is 3.06. The Balaban J connectivity index is 2.41. The van der Waals surface area contributed by atoms with Gasteiger partial charge in [-0.05, 0) is 30.9 Å². The Kier molecular flexibility index (Phi) is 5.88. The number of nitrogens with one attached hydrogen (secondary N) is 1. The second kappa shape index (κ2) is 6.70. The van der Waals surface area contributed by atoms with Crippen molar-refractivity contribution in [2.45, 2.75) is 24.0 Å². The molecular formula is C10H16ClNO3S2. The van der Waals surface area contributed by atoms with Crippen molar-refractivity contribution in [3.8, 4) is 0 Å². The van der Waals surface area contributed by atoms with E-state index in [0.717, 1.165) is 17.8 Å². The molecule has 0 radical (unpaired) electrons. The van der Waals surface area contributed by atoms with Gasteiger partial charge in [-0.1, -0.05) is 18.5 Å². The van der Waals surface area contributed by atoms with Crippen molar-refractivity contribution >= 4 is 33.0 Å². The Morgan fingerprint density at radius 1 is 1.53 bits per heavy atom. The van der Waals surface area contributed by atoms with Crippen molar-refractivity contribution in [3.63, 3.8) is 0 Å². The first-order valence-electron chi connectivity index (χ1n) is 5.31. The van der Waals surface area contributed by atoms with Gasteiger partial charge >= 0.3 is 0 Å². The highest BCUT2D eigenvalue weighted by Gasteiger charge is 2.15. The molecule has 1 heterocycles. The summed E-state index contributed by atoms with van der Waals surface area (Å²) in [7, 11) is -3.42. The van der Waals surface area contributed by atoms with E-state index in [1.54, 1.807) is 6.07 Å². The molecule has 0 saturated heterocycles. The van der Waals surface area contributed by atoms with Crippen LogP contribution < -0.4 is 4.72 Å². The Bertz CT molecular complexity index is 444. The molecule has 17 heavy (non-hydrogen) atoms. The van der Waals surface area contributed by atoms with Crippen LogP contribution in [0.25, 0.3) is 0 Å². The van der Waals surface area contributed by atoms with Crippen LogP contribution in [0.5, 0.6) is 0 Å². The largest absolute Gasteiger partial charge is 0.396 e. The Morgan fingerprint density at radius 2 is 2.24 bits per heavy atom. The highest BCUT2D eigenvalue weighted by atomic mass is 35.5. The third-order valence-electron chi connectivity index (χ3n) is 2.29. The molecule has 98 valence electrons. The van der Waals surface area contributed by atoms with Crippen LogP contribution in [0.4, 0.5) is 0 Å². The van der Waals surface area contributed by atoms with Crippen LogP contribution >= 0.6 is 22.9 Å². The second-order valence-corrected chi connectivity index (χ2v) is 7.60. The van der Waals surface area contributed by atoms with Crippen LogP contribution in [-0.4, -0.2) is 26.7 Å². The molecule has 0 amide bonds. The molecule has 2 N–H and O–H groups in total. The Morgan fingerprint density at radius 3 is 2.76 bits per heavy atom. The molecule has 0 aromatic carbocycles. The van der Waals surface area contributed by atoms with E-state index < -0.39 is 10.0 Å². The Labute approximate surface area is 111 Å². The lowest BCUT2D eigenvalue weighted by atomic mass is 10.1. The van der Waals surface area contributed by atoms with Crippen molar-refractivity contribution in [3.05, 3.63) is 16.5 Å². The molecule has 0 aliphatic heterocycles. The van der Waals surface area contributed by atoms with E-state index in [1.807, 2.05) is 6.92 Å². The van der Waals surface area contributed by atoms with Crippen LogP contribution in [0.3, 0.4) is 0 Å². The molecule has 1 aromatic heterocycles. The number of sulfonamides is 1. The molecule has 4 nitrogen and oxygen atoms in total. The monoisotopic (exact) mass is 297 g/mol. The van der Waals surface area contributed by atoms with Gasteiger partial charge < -0.3 is 5.11 Å². The summed E-state index contributed by atoms with van der Waals surface area (Å²) in [5, 5.41) is 8.82. The van der Waals surface area contributed by atoms with Crippen molar-refractivity contribution < 1.29 is 13.5 Å². The van der Waals surface area contributed by atoms with Crippen molar-refractivity contribution in [1.82, 2.24) is 4.72 Å². The van der Waals surface area contributed by atoms with Gasteiger partial charge in [-0.2, -0.15) is 0 Å². The number of halogens is 1. The fourth-order valence-electron chi connectivity index (χ4n) is 1.26.